The van der Waals surface area contributed by atoms with Crippen molar-refractivity contribution < 1.29 is 0 Å². The van der Waals surface area contributed by atoms with Crippen LogP contribution in [-0.4, -0.2) is 39.0 Å². The molecular weight excluding hydrogens is 1040 g/mol. The molecule has 85 heavy (non-hydrogen) atoms. The van der Waals surface area contributed by atoms with Gasteiger partial charge < -0.3 is 9.13 Å². The first-order chi connectivity index (χ1) is 41.9. The summed E-state index contributed by atoms with van der Waals surface area (Å²) in [6.07, 6.45) is 0. The van der Waals surface area contributed by atoms with Crippen LogP contribution in [0.4, 0.5) is 0 Å². The summed E-state index contributed by atoms with van der Waals surface area (Å²) < 4.78 is 4.64. The Labute approximate surface area is 489 Å². The highest BCUT2D eigenvalue weighted by Gasteiger charge is 2.24. The number of para-hydroxylation sites is 2. The van der Waals surface area contributed by atoms with Gasteiger partial charge in [-0.3, -0.25) is 0 Å². The molecule has 0 atom stereocenters. The van der Waals surface area contributed by atoms with Gasteiger partial charge in [-0.15, -0.1) is 0 Å². The van der Waals surface area contributed by atoms with E-state index in [1.54, 1.807) is 0 Å². The van der Waals surface area contributed by atoms with Crippen molar-refractivity contribution in [2.75, 3.05) is 0 Å². The zero-order chi connectivity index (χ0) is 57.0. The van der Waals surface area contributed by atoms with Gasteiger partial charge in [0.1, 0.15) is 0 Å². The third-order valence-electron chi connectivity index (χ3n) is 15.8. The van der Waals surface area contributed by atoms with Gasteiger partial charge in [0.25, 0.3) is 0 Å². The highest BCUT2D eigenvalue weighted by molar-refractivity contribution is 6.13. The molecular formula is C75H46N10. The van der Waals surface area contributed by atoms with Crippen LogP contribution in [0.1, 0.15) is 16.7 Å². The van der Waals surface area contributed by atoms with Gasteiger partial charge in [0.15, 0.2) is 34.9 Å². The van der Waals surface area contributed by atoms with E-state index in [0.29, 0.717) is 46.1 Å². The predicted octanol–water partition coefficient (Wildman–Crippen LogP) is 17.6. The van der Waals surface area contributed by atoms with Crippen molar-refractivity contribution in [2.45, 2.75) is 6.92 Å². The first-order valence-electron chi connectivity index (χ1n) is 28.0. The van der Waals surface area contributed by atoms with Crippen LogP contribution in [0.2, 0.25) is 0 Å². The van der Waals surface area contributed by atoms with E-state index in [2.05, 4.69) is 137 Å². The Hall–Kier alpha value is -12.0. The fourth-order valence-electron chi connectivity index (χ4n) is 11.8. The highest BCUT2D eigenvalue weighted by Crippen LogP contribution is 2.44. The number of aryl methyl sites for hydroxylation is 1. The van der Waals surface area contributed by atoms with Crippen LogP contribution in [0, 0.1) is 29.6 Å². The summed E-state index contributed by atoms with van der Waals surface area (Å²) in [6.45, 7) is 2.05. The Morgan fingerprint density at radius 2 is 0.600 bits per heavy atom. The van der Waals surface area contributed by atoms with Gasteiger partial charge in [0.2, 0.25) is 0 Å². The number of hydrogen-bond donors (Lipinski definition) is 0. The van der Waals surface area contributed by atoms with E-state index in [-0.39, 0.29) is 0 Å². The number of rotatable bonds is 10. The molecule has 10 nitrogen and oxygen atoms in total. The Morgan fingerprint density at radius 1 is 0.271 bits per heavy atom. The van der Waals surface area contributed by atoms with Gasteiger partial charge in [-0.1, -0.05) is 182 Å². The van der Waals surface area contributed by atoms with Gasteiger partial charge in [-0.05, 0) is 102 Å². The molecule has 0 amide bonds. The van der Waals surface area contributed by atoms with Crippen molar-refractivity contribution in [1.29, 1.82) is 10.5 Å². The minimum absolute atomic E-state index is 0.522. The Kier molecular flexibility index (Phi) is 12.3. The Morgan fingerprint density at radius 3 is 1.01 bits per heavy atom. The van der Waals surface area contributed by atoms with Crippen LogP contribution in [0.5, 0.6) is 0 Å². The average molecular weight is 1090 g/mol. The van der Waals surface area contributed by atoms with Gasteiger partial charge in [-0.2, -0.15) is 10.5 Å². The quantitative estimate of drug-likeness (QED) is 0.132. The molecule has 0 N–H and O–H groups in total. The monoisotopic (exact) mass is 1090 g/mol. The van der Waals surface area contributed by atoms with E-state index in [1.807, 2.05) is 152 Å². The smallest absolute Gasteiger partial charge is 0.164 e. The zero-order valence-electron chi connectivity index (χ0n) is 45.8. The van der Waals surface area contributed by atoms with Crippen molar-refractivity contribution in [2.24, 2.45) is 0 Å². The number of nitrogens with zero attached hydrogens (tertiary/aromatic N) is 10. The molecule has 4 heterocycles. The van der Waals surface area contributed by atoms with Gasteiger partial charge in [-0.25, -0.2) is 29.9 Å². The molecule has 0 spiro atoms. The molecule has 15 aromatic rings. The molecule has 11 aromatic carbocycles. The largest absolute Gasteiger partial charge is 0.309 e. The van der Waals surface area contributed by atoms with Crippen molar-refractivity contribution in [3.63, 3.8) is 0 Å². The minimum Gasteiger partial charge on any atom is -0.309 e. The third kappa shape index (κ3) is 8.91. The third-order valence-corrected chi connectivity index (χ3v) is 15.8. The Bertz CT molecular complexity index is 5100. The molecule has 4 aromatic heterocycles. The molecule has 0 saturated heterocycles. The highest BCUT2D eigenvalue weighted by atomic mass is 15.1. The van der Waals surface area contributed by atoms with E-state index in [9.17, 15) is 10.5 Å². The van der Waals surface area contributed by atoms with Gasteiger partial charge in [0.05, 0.1) is 56.7 Å². The number of fused-ring (bicyclic) bond motifs is 6. The first kappa shape index (κ1) is 50.0. The molecule has 0 aliphatic heterocycles. The fraction of sp³-hybridized carbons (Fsp3) is 0.0133. The molecule has 0 radical (unpaired) electrons. The number of hydrogen-bond acceptors (Lipinski definition) is 8. The molecule has 396 valence electrons. The van der Waals surface area contributed by atoms with E-state index in [1.165, 1.54) is 0 Å². The SMILES string of the molecule is Cc1cc(C#N)ccc1-c1ccc(-c2ccc(C#N)cc2-n2c3ccccc3c3cc(-c4nc(-c5ccccc5)nc(-c5ccccc5)n4)ccc32)c(-n2c3ccccc3c3cc(-c4nc(-c5ccccc5)nc(-c5ccccc5)n4)ccc32)c1. The Balaban J connectivity index is 0.947. The van der Waals surface area contributed by atoms with Crippen LogP contribution >= 0.6 is 0 Å². The van der Waals surface area contributed by atoms with Crippen molar-refractivity contribution >= 4 is 43.6 Å². The van der Waals surface area contributed by atoms with Crippen molar-refractivity contribution in [1.82, 2.24) is 39.0 Å². The standard InChI is InChI=1S/C75H46N10/c1-47-40-48(45-76)30-35-57(47)54-32-37-61(69(44-54)85-65-29-17-15-27-59(65)63-43-56(34-39-67(63)85)75-82-72(52-22-10-4-11-23-52)79-73(83-75)53-24-12-5-13-25-53)60-36-31-49(46-77)41-68(60)84-64-28-16-14-26-58(64)62-42-55(33-38-66(62)84)74-80-70(50-18-6-2-7-19-50)78-71(81-74)51-20-8-3-9-21-51/h2-44H,1H3. The summed E-state index contributed by atoms with van der Waals surface area (Å²) in [6, 6.07) is 93.1. The second-order valence-electron chi connectivity index (χ2n) is 21.0. The molecule has 15 rings (SSSR count). The average Bonchev–Trinajstić information content (AvgIpc) is 1.81. The molecule has 0 aliphatic rings. The lowest BCUT2D eigenvalue weighted by Gasteiger charge is -2.20. The van der Waals surface area contributed by atoms with Crippen LogP contribution in [-0.2, 0) is 0 Å². The lowest BCUT2D eigenvalue weighted by atomic mass is 9.93. The van der Waals surface area contributed by atoms with E-state index in [0.717, 1.165) is 116 Å². The maximum absolute atomic E-state index is 10.7. The van der Waals surface area contributed by atoms with Gasteiger partial charge in [0, 0.05) is 66.1 Å². The molecule has 0 unspecified atom stereocenters. The maximum Gasteiger partial charge on any atom is 0.164 e. The van der Waals surface area contributed by atoms with Crippen LogP contribution < -0.4 is 0 Å². The van der Waals surface area contributed by atoms with E-state index in [4.69, 9.17) is 29.9 Å². The molecule has 0 aliphatic carbocycles. The normalized spacial score (nSPS) is 11.3. The first-order valence-corrected chi connectivity index (χ1v) is 28.0. The summed E-state index contributed by atoms with van der Waals surface area (Å²) >= 11 is 0. The fourth-order valence-corrected chi connectivity index (χ4v) is 11.8. The zero-order valence-corrected chi connectivity index (χ0v) is 45.8. The topological polar surface area (TPSA) is 135 Å². The molecule has 10 heteroatoms. The van der Waals surface area contributed by atoms with E-state index >= 15 is 0 Å². The number of nitriles is 2. The van der Waals surface area contributed by atoms with Crippen LogP contribution in [0.3, 0.4) is 0 Å². The predicted molar refractivity (Wildman–Crippen MR) is 340 cm³/mol. The maximum atomic E-state index is 10.7. The van der Waals surface area contributed by atoms with Crippen LogP contribution in [0.25, 0.3) is 146 Å². The summed E-state index contributed by atoms with van der Waals surface area (Å²) in [4.78, 5) is 30.4. The lowest BCUT2D eigenvalue weighted by molar-refractivity contribution is 1.07. The second kappa shape index (κ2) is 20.8. The molecule has 0 fully saturated rings. The lowest BCUT2D eigenvalue weighted by Crippen LogP contribution is -2.03. The van der Waals surface area contributed by atoms with Gasteiger partial charge >= 0.3 is 0 Å². The second-order valence-corrected chi connectivity index (χ2v) is 21.0. The summed E-state index contributed by atoms with van der Waals surface area (Å²) in [5.41, 5.74) is 16.9. The van der Waals surface area contributed by atoms with Crippen molar-refractivity contribution in [3.8, 4) is 114 Å². The van der Waals surface area contributed by atoms with Crippen molar-refractivity contribution in [3.05, 3.63) is 278 Å². The minimum atomic E-state index is 0.522. The summed E-state index contributed by atoms with van der Waals surface area (Å²) in [7, 11) is 0. The number of aromatic nitrogens is 8. The summed E-state index contributed by atoms with van der Waals surface area (Å²) in [5, 5.41) is 24.7. The summed E-state index contributed by atoms with van der Waals surface area (Å²) in [5.74, 6) is 3.47. The van der Waals surface area contributed by atoms with E-state index < -0.39 is 0 Å². The van der Waals surface area contributed by atoms with Crippen LogP contribution in [0.15, 0.2) is 261 Å². The molecule has 0 saturated carbocycles. The number of benzene rings is 11. The molecule has 0 bridgehead atoms.